The van der Waals surface area contributed by atoms with Gasteiger partial charge in [-0.2, -0.15) is 0 Å². The first-order chi connectivity index (χ1) is 8.27. The number of H-pyrrole nitrogens is 1. The molecular formula is C13H19N3O. The van der Waals surface area contributed by atoms with Crippen LogP contribution in [-0.4, -0.2) is 22.7 Å². The third-order valence-electron chi connectivity index (χ3n) is 2.81. The van der Waals surface area contributed by atoms with Gasteiger partial charge in [-0.25, -0.2) is 9.47 Å². The van der Waals surface area contributed by atoms with Gasteiger partial charge in [-0.05, 0) is 25.0 Å². The monoisotopic (exact) mass is 233 g/mol. The minimum absolute atomic E-state index is 0.0481. The van der Waals surface area contributed by atoms with E-state index in [1.807, 2.05) is 24.3 Å². The molecule has 2 rings (SSSR count). The second-order valence-electron chi connectivity index (χ2n) is 4.21. The summed E-state index contributed by atoms with van der Waals surface area (Å²) in [5.74, 6) is 0. The van der Waals surface area contributed by atoms with E-state index in [0.717, 1.165) is 37.0 Å². The Morgan fingerprint density at radius 2 is 1.82 bits per heavy atom. The van der Waals surface area contributed by atoms with Gasteiger partial charge in [0.25, 0.3) is 0 Å². The number of aromatic nitrogens is 2. The lowest BCUT2D eigenvalue weighted by Crippen LogP contribution is -2.42. The molecule has 0 aliphatic carbocycles. The first-order valence-corrected chi connectivity index (χ1v) is 6.23. The van der Waals surface area contributed by atoms with E-state index in [2.05, 4.69) is 23.8 Å². The fourth-order valence-electron chi connectivity index (χ4n) is 2.15. The summed E-state index contributed by atoms with van der Waals surface area (Å²) in [7, 11) is 0. The van der Waals surface area contributed by atoms with Gasteiger partial charge >= 0.3 is 5.69 Å². The summed E-state index contributed by atoms with van der Waals surface area (Å²) in [5, 5.41) is 2.11. The summed E-state index contributed by atoms with van der Waals surface area (Å²) in [6, 6.07) is 7.81. The summed E-state index contributed by atoms with van der Waals surface area (Å²) < 4.78 is 1.77. The molecule has 0 saturated heterocycles. The van der Waals surface area contributed by atoms with Crippen LogP contribution in [0.1, 0.15) is 26.7 Å². The Morgan fingerprint density at radius 3 is 2.47 bits per heavy atom. The molecule has 0 radical (unpaired) electrons. The Hall–Kier alpha value is -1.71. The molecule has 4 nitrogen and oxygen atoms in total. The fourth-order valence-corrected chi connectivity index (χ4v) is 2.15. The van der Waals surface area contributed by atoms with Gasteiger partial charge in [0.05, 0.1) is 11.0 Å². The second kappa shape index (κ2) is 5.08. The molecule has 0 aliphatic heterocycles. The lowest BCUT2D eigenvalue weighted by Gasteiger charge is -2.24. The van der Waals surface area contributed by atoms with E-state index in [1.165, 1.54) is 0 Å². The number of benzene rings is 1. The number of para-hydroxylation sites is 2. The summed E-state index contributed by atoms with van der Waals surface area (Å²) >= 11 is 0. The molecule has 4 heteroatoms. The molecule has 0 saturated carbocycles. The van der Waals surface area contributed by atoms with Gasteiger partial charge < -0.3 is 9.99 Å². The van der Waals surface area contributed by atoms with Crippen molar-refractivity contribution >= 4 is 11.0 Å². The van der Waals surface area contributed by atoms with Crippen LogP contribution < -0.4 is 10.7 Å². The molecule has 0 fully saturated rings. The summed E-state index contributed by atoms with van der Waals surface area (Å²) in [6.45, 7) is 6.05. The van der Waals surface area contributed by atoms with Crippen molar-refractivity contribution in [3.05, 3.63) is 34.7 Å². The molecular weight excluding hydrogens is 214 g/mol. The van der Waals surface area contributed by atoms with Crippen LogP contribution in [0.3, 0.4) is 0 Å². The Bertz CT molecular complexity index is 535. The predicted octanol–water partition coefficient (Wildman–Crippen LogP) is 2.09. The molecule has 0 aliphatic rings. The molecule has 0 amide bonds. The van der Waals surface area contributed by atoms with E-state index >= 15 is 0 Å². The number of imidazole rings is 1. The summed E-state index contributed by atoms with van der Waals surface area (Å²) in [6.07, 6.45) is 2.07. The van der Waals surface area contributed by atoms with Gasteiger partial charge in [-0.15, -0.1) is 0 Å². The van der Waals surface area contributed by atoms with Gasteiger partial charge in [-0.1, -0.05) is 26.0 Å². The molecule has 1 heterocycles. The van der Waals surface area contributed by atoms with Gasteiger partial charge in [0.15, 0.2) is 0 Å². The number of fused-ring (bicyclic) bond motifs is 1. The normalized spacial score (nSPS) is 10.9. The maximum absolute atomic E-state index is 12.0. The predicted molar refractivity (Wildman–Crippen MR) is 71.1 cm³/mol. The molecule has 2 aromatic rings. The summed E-state index contributed by atoms with van der Waals surface area (Å²) in [4.78, 5) is 14.9. The molecule has 0 bridgehead atoms. The van der Waals surface area contributed by atoms with Gasteiger partial charge in [-0.3, -0.25) is 0 Å². The van der Waals surface area contributed by atoms with Crippen molar-refractivity contribution in [2.75, 3.05) is 18.1 Å². The first kappa shape index (κ1) is 11.8. The standard InChI is InChI=1S/C13H19N3O/c1-3-9-15(10-4-2)16-12-8-6-5-7-11(12)14-13(16)17/h5-8H,3-4,9-10H2,1-2H3,(H,14,17). The van der Waals surface area contributed by atoms with Gasteiger partial charge in [0.2, 0.25) is 0 Å². The van der Waals surface area contributed by atoms with E-state index in [9.17, 15) is 4.79 Å². The molecule has 0 spiro atoms. The topological polar surface area (TPSA) is 41.0 Å². The summed E-state index contributed by atoms with van der Waals surface area (Å²) in [5.41, 5.74) is 1.81. The average molecular weight is 233 g/mol. The van der Waals surface area contributed by atoms with E-state index in [-0.39, 0.29) is 5.69 Å². The average Bonchev–Trinajstić information content (AvgIpc) is 2.64. The van der Waals surface area contributed by atoms with Crippen LogP contribution >= 0.6 is 0 Å². The number of hydrogen-bond donors (Lipinski definition) is 1. The van der Waals surface area contributed by atoms with Crippen molar-refractivity contribution in [1.29, 1.82) is 0 Å². The quantitative estimate of drug-likeness (QED) is 0.859. The van der Waals surface area contributed by atoms with Crippen LogP contribution in [0.15, 0.2) is 29.1 Å². The van der Waals surface area contributed by atoms with Crippen LogP contribution in [0.4, 0.5) is 0 Å². The smallest absolute Gasteiger partial charge is 0.308 e. The largest absolute Gasteiger partial charge is 0.345 e. The van der Waals surface area contributed by atoms with Crippen LogP contribution in [0, 0.1) is 0 Å². The van der Waals surface area contributed by atoms with Crippen molar-refractivity contribution in [1.82, 2.24) is 9.66 Å². The number of hydrogen-bond acceptors (Lipinski definition) is 2. The van der Waals surface area contributed by atoms with Crippen LogP contribution in [0.5, 0.6) is 0 Å². The molecule has 1 N–H and O–H groups in total. The van der Waals surface area contributed by atoms with Crippen LogP contribution in [-0.2, 0) is 0 Å². The third-order valence-corrected chi connectivity index (χ3v) is 2.81. The minimum Gasteiger partial charge on any atom is -0.308 e. The van der Waals surface area contributed by atoms with Gasteiger partial charge in [0, 0.05) is 13.1 Å². The second-order valence-corrected chi connectivity index (χ2v) is 4.21. The molecule has 0 unspecified atom stereocenters. The van der Waals surface area contributed by atoms with E-state index in [1.54, 1.807) is 4.68 Å². The number of rotatable bonds is 5. The zero-order chi connectivity index (χ0) is 12.3. The minimum atomic E-state index is -0.0481. The van der Waals surface area contributed by atoms with Crippen molar-refractivity contribution < 1.29 is 0 Å². The lowest BCUT2D eigenvalue weighted by atomic mass is 10.3. The van der Waals surface area contributed by atoms with Gasteiger partial charge in [0.1, 0.15) is 0 Å². The molecule has 0 atom stereocenters. The van der Waals surface area contributed by atoms with Crippen molar-refractivity contribution in [3.63, 3.8) is 0 Å². The maximum Gasteiger partial charge on any atom is 0.345 e. The lowest BCUT2D eigenvalue weighted by molar-refractivity contribution is 0.568. The van der Waals surface area contributed by atoms with Crippen LogP contribution in [0.2, 0.25) is 0 Å². The Balaban J connectivity index is 2.51. The first-order valence-electron chi connectivity index (χ1n) is 6.23. The Morgan fingerprint density at radius 1 is 1.18 bits per heavy atom. The van der Waals surface area contributed by atoms with Crippen LogP contribution in [0.25, 0.3) is 11.0 Å². The number of nitrogens with one attached hydrogen (secondary N) is 1. The highest BCUT2D eigenvalue weighted by atomic mass is 16.2. The molecule has 92 valence electrons. The van der Waals surface area contributed by atoms with E-state index in [0.29, 0.717) is 0 Å². The van der Waals surface area contributed by atoms with Crippen molar-refractivity contribution in [2.24, 2.45) is 0 Å². The van der Waals surface area contributed by atoms with Crippen molar-refractivity contribution in [2.45, 2.75) is 26.7 Å². The van der Waals surface area contributed by atoms with E-state index < -0.39 is 0 Å². The highest BCUT2D eigenvalue weighted by Crippen LogP contribution is 2.09. The third kappa shape index (κ3) is 2.20. The number of aromatic amines is 1. The molecule has 17 heavy (non-hydrogen) atoms. The maximum atomic E-state index is 12.0. The SMILES string of the molecule is CCCN(CCC)n1c(=O)[nH]c2ccccc21. The molecule has 1 aromatic heterocycles. The molecule has 1 aromatic carbocycles. The highest BCUT2D eigenvalue weighted by molar-refractivity contribution is 5.75. The fraction of sp³-hybridized carbons (Fsp3) is 0.462. The highest BCUT2D eigenvalue weighted by Gasteiger charge is 2.11. The number of nitrogens with zero attached hydrogens (tertiary/aromatic N) is 2. The van der Waals surface area contributed by atoms with Crippen molar-refractivity contribution in [3.8, 4) is 0 Å². The Labute approximate surface area is 101 Å². The Kier molecular flexibility index (Phi) is 3.52. The van der Waals surface area contributed by atoms with E-state index in [4.69, 9.17) is 0 Å². The zero-order valence-electron chi connectivity index (χ0n) is 10.4. The zero-order valence-corrected chi connectivity index (χ0v) is 10.4.